The molecule has 1 heterocycles. The van der Waals surface area contributed by atoms with Crippen molar-refractivity contribution in [3.63, 3.8) is 0 Å². The van der Waals surface area contributed by atoms with Crippen molar-refractivity contribution in [1.29, 1.82) is 0 Å². The van der Waals surface area contributed by atoms with E-state index >= 15 is 0 Å². The Bertz CT molecular complexity index is 702. The summed E-state index contributed by atoms with van der Waals surface area (Å²) < 4.78 is 10.2. The van der Waals surface area contributed by atoms with E-state index in [0.29, 0.717) is 17.0 Å². The fraction of sp³-hybridized carbons (Fsp3) is 0.294. The molecule has 1 N–H and O–H groups in total. The van der Waals surface area contributed by atoms with Crippen molar-refractivity contribution in [2.45, 2.75) is 33.8 Å². The molecule has 0 bridgehead atoms. The third-order valence-corrected chi connectivity index (χ3v) is 3.37. The van der Waals surface area contributed by atoms with Gasteiger partial charge in [0.2, 0.25) is 0 Å². The van der Waals surface area contributed by atoms with Crippen LogP contribution >= 0.6 is 0 Å². The van der Waals surface area contributed by atoms with Crippen molar-refractivity contribution in [1.82, 2.24) is 0 Å². The van der Waals surface area contributed by atoms with Crippen LogP contribution in [0.25, 0.3) is 0 Å². The van der Waals surface area contributed by atoms with Crippen LogP contribution in [-0.2, 0) is 9.53 Å². The summed E-state index contributed by atoms with van der Waals surface area (Å²) >= 11 is 0. The highest BCUT2D eigenvalue weighted by atomic mass is 16.5. The van der Waals surface area contributed by atoms with Crippen LogP contribution in [0.3, 0.4) is 0 Å². The van der Waals surface area contributed by atoms with Crippen LogP contribution in [0.15, 0.2) is 34.9 Å². The van der Waals surface area contributed by atoms with E-state index in [9.17, 15) is 9.59 Å². The minimum atomic E-state index is -0.900. The molecular weight excluding hydrogens is 282 g/mol. The third kappa shape index (κ3) is 3.55. The average molecular weight is 301 g/mol. The number of ether oxygens (including phenoxy) is 1. The molecule has 0 radical (unpaired) electrons. The molecule has 1 amide bonds. The molecule has 0 spiro atoms. The standard InChI is InChI=1S/C17H19NO4/c1-10-5-6-15(11(2)9-10)18-16(19)13(4)22-17(20)14-7-8-21-12(14)3/h5-9,13H,1-4H3,(H,18,19)/t13-/m1/s1. The predicted molar refractivity (Wildman–Crippen MR) is 82.9 cm³/mol. The molecule has 0 saturated carbocycles. The zero-order chi connectivity index (χ0) is 16.3. The number of hydrogen-bond donors (Lipinski definition) is 1. The first kappa shape index (κ1) is 15.8. The monoisotopic (exact) mass is 301 g/mol. The zero-order valence-corrected chi connectivity index (χ0v) is 13.1. The summed E-state index contributed by atoms with van der Waals surface area (Å²) in [4.78, 5) is 24.1. The lowest BCUT2D eigenvalue weighted by Gasteiger charge is -2.14. The molecule has 5 heteroatoms. The van der Waals surface area contributed by atoms with Gasteiger partial charge in [-0.05, 0) is 45.4 Å². The van der Waals surface area contributed by atoms with Crippen LogP contribution in [0.2, 0.25) is 0 Å². The Morgan fingerprint density at radius 1 is 1.18 bits per heavy atom. The van der Waals surface area contributed by atoms with Crippen molar-refractivity contribution in [3.05, 3.63) is 53.0 Å². The predicted octanol–water partition coefficient (Wildman–Crippen LogP) is 3.39. The van der Waals surface area contributed by atoms with Gasteiger partial charge in [-0.1, -0.05) is 17.7 Å². The van der Waals surface area contributed by atoms with E-state index in [4.69, 9.17) is 9.15 Å². The van der Waals surface area contributed by atoms with Crippen LogP contribution in [0, 0.1) is 20.8 Å². The SMILES string of the molecule is Cc1ccc(NC(=O)[C@@H](C)OC(=O)c2ccoc2C)c(C)c1. The lowest BCUT2D eigenvalue weighted by molar-refractivity contribution is -0.123. The largest absolute Gasteiger partial charge is 0.469 e. The molecule has 22 heavy (non-hydrogen) atoms. The molecule has 5 nitrogen and oxygen atoms in total. The van der Waals surface area contributed by atoms with Gasteiger partial charge in [0.05, 0.1) is 6.26 Å². The molecule has 2 rings (SSSR count). The summed E-state index contributed by atoms with van der Waals surface area (Å²) in [6.45, 7) is 7.09. The molecule has 1 aromatic heterocycles. The molecule has 0 aliphatic rings. The Morgan fingerprint density at radius 2 is 1.91 bits per heavy atom. The van der Waals surface area contributed by atoms with Gasteiger partial charge in [-0.25, -0.2) is 4.79 Å². The lowest BCUT2D eigenvalue weighted by Crippen LogP contribution is -2.30. The maximum Gasteiger partial charge on any atom is 0.342 e. The highest BCUT2D eigenvalue weighted by Crippen LogP contribution is 2.17. The number of esters is 1. The van der Waals surface area contributed by atoms with Gasteiger partial charge >= 0.3 is 5.97 Å². The van der Waals surface area contributed by atoms with Gasteiger partial charge < -0.3 is 14.5 Å². The van der Waals surface area contributed by atoms with E-state index in [1.54, 1.807) is 6.92 Å². The molecule has 1 aromatic carbocycles. The van der Waals surface area contributed by atoms with E-state index in [-0.39, 0.29) is 5.91 Å². The van der Waals surface area contributed by atoms with Gasteiger partial charge in [0.15, 0.2) is 6.10 Å². The topological polar surface area (TPSA) is 68.5 Å². The highest BCUT2D eigenvalue weighted by Gasteiger charge is 2.21. The second-order valence-corrected chi connectivity index (χ2v) is 5.25. The summed E-state index contributed by atoms with van der Waals surface area (Å²) in [5.74, 6) is -0.483. The van der Waals surface area contributed by atoms with Gasteiger partial charge in [0.25, 0.3) is 5.91 Å². The van der Waals surface area contributed by atoms with Gasteiger partial charge in [0.1, 0.15) is 11.3 Å². The summed E-state index contributed by atoms with van der Waals surface area (Å²) in [6.07, 6.45) is 0.509. The number of amides is 1. The number of anilines is 1. The number of hydrogen-bond acceptors (Lipinski definition) is 4. The smallest absolute Gasteiger partial charge is 0.342 e. The number of nitrogens with one attached hydrogen (secondary N) is 1. The summed E-state index contributed by atoms with van der Waals surface area (Å²) in [7, 11) is 0. The van der Waals surface area contributed by atoms with Crippen molar-refractivity contribution >= 4 is 17.6 Å². The summed E-state index contributed by atoms with van der Waals surface area (Å²) in [5.41, 5.74) is 3.10. The molecule has 0 aliphatic heterocycles. The molecule has 0 unspecified atom stereocenters. The van der Waals surface area contributed by atoms with E-state index in [2.05, 4.69) is 5.32 Å². The number of aryl methyl sites for hydroxylation is 3. The number of furan rings is 1. The second kappa shape index (κ2) is 6.47. The van der Waals surface area contributed by atoms with Crippen LogP contribution < -0.4 is 5.32 Å². The Morgan fingerprint density at radius 3 is 2.50 bits per heavy atom. The van der Waals surface area contributed by atoms with E-state index in [1.165, 1.54) is 19.3 Å². The fourth-order valence-electron chi connectivity index (χ4n) is 2.06. The van der Waals surface area contributed by atoms with Crippen molar-refractivity contribution < 1.29 is 18.7 Å². The van der Waals surface area contributed by atoms with Crippen molar-refractivity contribution in [2.75, 3.05) is 5.32 Å². The van der Waals surface area contributed by atoms with Crippen LogP contribution in [-0.4, -0.2) is 18.0 Å². The number of rotatable bonds is 4. The molecular formula is C17H19NO4. The molecule has 0 aliphatic carbocycles. The Kier molecular flexibility index (Phi) is 4.65. The minimum absolute atomic E-state index is 0.325. The van der Waals surface area contributed by atoms with E-state index in [1.807, 2.05) is 32.0 Å². The molecule has 1 atom stereocenters. The normalized spacial score (nSPS) is 11.8. The molecule has 116 valence electrons. The van der Waals surface area contributed by atoms with Crippen LogP contribution in [0.5, 0.6) is 0 Å². The van der Waals surface area contributed by atoms with Gasteiger partial charge in [-0.2, -0.15) is 0 Å². The maximum atomic E-state index is 12.1. The highest BCUT2D eigenvalue weighted by molar-refractivity contribution is 5.98. The lowest BCUT2D eigenvalue weighted by atomic mass is 10.1. The van der Waals surface area contributed by atoms with Gasteiger partial charge in [-0.15, -0.1) is 0 Å². The zero-order valence-electron chi connectivity index (χ0n) is 13.1. The first-order valence-electron chi connectivity index (χ1n) is 7.01. The molecule has 0 fully saturated rings. The summed E-state index contributed by atoms with van der Waals surface area (Å²) in [6, 6.07) is 7.24. The summed E-state index contributed by atoms with van der Waals surface area (Å²) in [5, 5.41) is 2.76. The first-order chi connectivity index (χ1) is 10.4. The fourth-order valence-corrected chi connectivity index (χ4v) is 2.06. The number of benzene rings is 1. The van der Waals surface area contributed by atoms with Crippen LogP contribution in [0.4, 0.5) is 5.69 Å². The van der Waals surface area contributed by atoms with Crippen molar-refractivity contribution in [2.24, 2.45) is 0 Å². The van der Waals surface area contributed by atoms with Crippen molar-refractivity contribution in [3.8, 4) is 0 Å². The Balaban J connectivity index is 2.00. The molecule has 0 saturated heterocycles. The minimum Gasteiger partial charge on any atom is -0.469 e. The van der Waals surface area contributed by atoms with Gasteiger partial charge in [-0.3, -0.25) is 4.79 Å². The third-order valence-electron chi connectivity index (χ3n) is 3.37. The quantitative estimate of drug-likeness (QED) is 0.879. The number of carbonyl (C=O) groups is 2. The van der Waals surface area contributed by atoms with Gasteiger partial charge in [0, 0.05) is 5.69 Å². The second-order valence-electron chi connectivity index (χ2n) is 5.25. The van der Waals surface area contributed by atoms with Crippen LogP contribution in [0.1, 0.15) is 34.2 Å². The Hall–Kier alpha value is -2.56. The van der Waals surface area contributed by atoms with E-state index < -0.39 is 12.1 Å². The first-order valence-corrected chi connectivity index (χ1v) is 7.01. The average Bonchev–Trinajstić information content (AvgIpc) is 2.88. The van der Waals surface area contributed by atoms with E-state index in [0.717, 1.165) is 11.1 Å². The maximum absolute atomic E-state index is 12.1. The Labute approximate surface area is 129 Å². The number of carbonyl (C=O) groups excluding carboxylic acids is 2. The molecule has 2 aromatic rings.